The zero-order valence-corrected chi connectivity index (χ0v) is 32.6. The van der Waals surface area contributed by atoms with Crippen LogP contribution in [0.4, 0.5) is 37.8 Å². The van der Waals surface area contributed by atoms with E-state index in [2.05, 4.69) is 20.2 Å². The lowest BCUT2D eigenvalue weighted by atomic mass is 10.0. The molecule has 21 heteroatoms. The number of benzene rings is 3. The summed E-state index contributed by atoms with van der Waals surface area (Å²) in [5, 5.41) is 11.0. The third-order valence-corrected chi connectivity index (χ3v) is 11.9. The second-order valence-electron chi connectivity index (χ2n) is 15.1. The molecule has 0 spiro atoms. The van der Waals surface area contributed by atoms with Crippen LogP contribution < -0.4 is 20.5 Å². The fourth-order valence-electron chi connectivity index (χ4n) is 8.34. The van der Waals surface area contributed by atoms with Crippen LogP contribution in [0.3, 0.4) is 0 Å². The minimum Gasteiger partial charge on any atom is -0.371 e. The average molecular weight is 860 g/mol. The van der Waals surface area contributed by atoms with Gasteiger partial charge in [-0.25, -0.2) is 31.0 Å². The molecule has 1 amide bonds. The van der Waals surface area contributed by atoms with E-state index in [1.807, 2.05) is 4.90 Å². The van der Waals surface area contributed by atoms with Crippen LogP contribution in [0, 0.1) is 17.6 Å². The molecule has 9 rings (SSSR count). The van der Waals surface area contributed by atoms with Crippen molar-refractivity contribution in [2.45, 2.75) is 50.1 Å². The van der Waals surface area contributed by atoms with E-state index in [-0.39, 0.29) is 61.7 Å². The van der Waals surface area contributed by atoms with Gasteiger partial charge in [0, 0.05) is 49.8 Å². The Balaban J connectivity index is 1.24. The summed E-state index contributed by atoms with van der Waals surface area (Å²) < 4.78 is 118. The third kappa shape index (κ3) is 6.65. The molecule has 2 fully saturated rings. The molecule has 1 saturated carbocycles. The standard InChI is InChI=1S/C38H32ClF6N9O4S/c1-51-32-27(7-6-24(39)30(32)35(49-51)50-59(2,57)58)54-36(47-25-14-20(52-8-3-9-52)4-5-21(25)37(54)56)26(12-17-10-18(40)13-19(41)11-17)46-28(55)16-53-33-29(31(48-53)34(42)43)22-15-23(22)38(33,44)45/h4-7,10-11,13-14,22-23,26,34H,3,8-9,12,15-16H2,1-2H3,(H,46,55)(H,49,50)/t22-,23+,26-/m0/s1. The number of halogens is 7. The lowest BCUT2D eigenvalue weighted by Gasteiger charge is -2.33. The van der Waals surface area contributed by atoms with Crippen molar-refractivity contribution >= 4 is 60.8 Å². The fourth-order valence-corrected chi connectivity index (χ4v) is 9.08. The maximum atomic E-state index is 15.5. The van der Waals surface area contributed by atoms with Gasteiger partial charge in [0.25, 0.3) is 17.9 Å². The van der Waals surface area contributed by atoms with Gasteiger partial charge in [-0.3, -0.25) is 28.2 Å². The maximum absolute atomic E-state index is 15.5. The molecule has 1 saturated heterocycles. The normalized spacial score (nSPS) is 18.6. The van der Waals surface area contributed by atoms with Crippen molar-refractivity contribution in [1.82, 2.24) is 34.4 Å². The number of nitrogens with one attached hydrogen (secondary N) is 2. The zero-order chi connectivity index (χ0) is 41.9. The summed E-state index contributed by atoms with van der Waals surface area (Å²) in [4.78, 5) is 35.9. The van der Waals surface area contributed by atoms with Gasteiger partial charge in [-0.2, -0.15) is 19.0 Å². The molecule has 2 aliphatic carbocycles. The molecule has 1 aliphatic heterocycles. The van der Waals surface area contributed by atoms with Gasteiger partial charge >= 0.3 is 0 Å². The van der Waals surface area contributed by atoms with E-state index >= 15 is 8.78 Å². The highest BCUT2D eigenvalue weighted by Gasteiger charge is 2.67. The van der Waals surface area contributed by atoms with Crippen molar-refractivity contribution in [2.24, 2.45) is 13.0 Å². The summed E-state index contributed by atoms with van der Waals surface area (Å²) in [6.07, 6.45) is -1.75. The van der Waals surface area contributed by atoms with Gasteiger partial charge in [-0.1, -0.05) is 11.6 Å². The minimum atomic E-state index is -3.89. The molecule has 0 unspecified atom stereocenters. The molecule has 0 radical (unpaired) electrons. The average Bonchev–Trinajstić information content (AvgIpc) is 3.66. The predicted molar refractivity (Wildman–Crippen MR) is 205 cm³/mol. The number of fused-ring (bicyclic) bond motifs is 5. The number of alkyl halides is 4. The van der Waals surface area contributed by atoms with Gasteiger partial charge in [0.15, 0.2) is 5.82 Å². The van der Waals surface area contributed by atoms with Gasteiger partial charge in [0.1, 0.15) is 35.4 Å². The molecule has 6 aromatic rings. The van der Waals surface area contributed by atoms with E-state index in [0.29, 0.717) is 10.7 Å². The van der Waals surface area contributed by atoms with Crippen molar-refractivity contribution in [3.63, 3.8) is 0 Å². The van der Waals surface area contributed by atoms with Crippen LogP contribution in [-0.2, 0) is 40.8 Å². The molecule has 59 heavy (non-hydrogen) atoms. The van der Waals surface area contributed by atoms with E-state index in [9.17, 15) is 35.6 Å². The Morgan fingerprint density at radius 3 is 2.44 bits per heavy atom. The smallest absolute Gasteiger partial charge is 0.293 e. The SMILES string of the molecule is Cn1nc(NS(C)(=O)=O)c2c(Cl)ccc(-n3c([C@H](Cc4cc(F)cc(F)c4)NC(=O)Cn4nc(C(F)F)c5c4C(F)(F)[C@@H]4C[C@H]54)nc4cc(N5CCC5)ccc4c3=O)c21. The largest absolute Gasteiger partial charge is 0.371 e. The van der Waals surface area contributed by atoms with Crippen LogP contribution in [0.25, 0.3) is 27.5 Å². The lowest BCUT2D eigenvalue weighted by molar-refractivity contribution is -0.123. The first-order chi connectivity index (χ1) is 27.9. The summed E-state index contributed by atoms with van der Waals surface area (Å²) >= 11 is 6.61. The van der Waals surface area contributed by atoms with E-state index in [4.69, 9.17) is 16.6 Å². The van der Waals surface area contributed by atoms with Gasteiger partial charge in [-0.05, 0) is 66.8 Å². The Morgan fingerprint density at radius 2 is 1.78 bits per heavy atom. The van der Waals surface area contributed by atoms with E-state index in [1.165, 1.54) is 23.9 Å². The molecule has 0 bridgehead atoms. The number of aromatic nitrogens is 6. The van der Waals surface area contributed by atoms with Crippen LogP contribution >= 0.6 is 11.6 Å². The van der Waals surface area contributed by atoms with Crippen molar-refractivity contribution in [3.8, 4) is 5.69 Å². The Labute approximate surface area is 335 Å². The number of carbonyl (C=O) groups is 1. The summed E-state index contributed by atoms with van der Waals surface area (Å²) in [7, 11) is -2.42. The van der Waals surface area contributed by atoms with Gasteiger partial charge < -0.3 is 10.2 Å². The second kappa shape index (κ2) is 13.7. The summed E-state index contributed by atoms with van der Waals surface area (Å²) in [5.74, 6) is -8.83. The maximum Gasteiger partial charge on any atom is 0.293 e. The Kier molecular flexibility index (Phi) is 9.04. The quantitative estimate of drug-likeness (QED) is 0.146. The summed E-state index contributed by atoms with van der Waals surface area (Å²) in [6.45, 7) is 0.539. The topological polar surface area (TPSA) is 149 Å². The highest BCUT2D eigenvalue weighted by Crippen LogP contribution is 2.68. The second-order valence-corrected chi connectivity index (χ2v) is 17.2. The Bertz CT molecular complexity index is 2910. The van der Waals surface area contributed by atoms with Crippen LogP contribution in [0.2, 0.25) is 5.02 Å². The minimum absolute atomic E-state index is 0.00367. The molecule has 13 nitrogen and oxygen atoms in total. The first kappa shape index (κ1) is 38.9. The molecule has 4 heterocycles. The highest BCUT2D eigenvalue weighted by atomic mass is 35.5. The first-order valence-electron chi connectivity index (χ1n) is 18.4. The molecule has 308 valence electrons. The number of carbonyl (C=O) groups excluding carboxylic acids is 1. The summed E-state index contributed by atoms with van der Waals surface area (Å²) in [6, 6.07) is 9.00. The summed E-state index contributed by atoms with van der Waals surface area (Å²) in [5.41, 5.74) is -1.46. The van der Waals surface area contributed by atoms with Crippen molar-refractivity contribution < 1.29 is 39.6 Å². The van der Waals surface area contributed by atoms with E-state index < -0.39 is 87.7 Å². The van der Waals surface area contributed by atoms with Gasteiger partial charge in [0.2, 0.25) is 15.9 Å². The number of amides is 1. The van der Waals surface area contributed by atoms with Gasteiger partial charge in [-0.15, -0.1) is 0 Å². The van der Waals surface area contributed by atoms with E-state index in [1.54, 1.807) is 18.2 Å². The molecule has 3 aliphatic rings. The number of anilines is 2. The van der Waals surface area contributed by atoms with Crippen molar-refractivity contribution in [2.75, 3.05) is 29.0 Å². The molecule has 3 aromatic carbocycles. The van der Waals surface area contributed by atoms with Crippen LogP contribution in [-0.4, -0.2) is 62.8 Å². The predicted octanol–water partition coefficient (Wildman–Crippen LogP) is 6.23. The molecule has 3 atom stereocenters. The number of hydrogen-bond acceptors (Lipinski definition) is 8. The molecule has 3 aromatic heterocycles. The number of nitrogens with zero attached hydrogens (tertiary/aromatic N) is 7. The van der Waals surface area contributed by atoms with Crippen LogP contribution in [0.15, 0.2) is 53.3 Å². The van der Waals surface area contributed by atoms with Crippen LogP contribution in [0.5, 0.6) is 0 Å². The number of sulfonamides is 1. The zero-order valence-electron chi connectivity index (χ0n) is 31.0. The Hall–Kier alpha value is -5.63. The van der Waals surface area contributed by atoms with Crippen LogP contribution in [0.1, 0.15) is 59.6 Å². The molecular weight excluding hydrogens is 828 g/mol. The fraction of sp³-hybridized carbons (Fsp3) is 0.342. The van der Waals surface area contributed by atoms with E-state index in [0.717, 1.165) is 48.2 Å². The van der Waals surface area contributed by atoms with Crippen molar-refractivity contribution in [1.29, 1.82) is 0 Å². The highest BCUT2D eigenvalue weighted by molar-refractivity contribution is 7.92. The first-order valence-corrected chi connectivity index (χ1v) is 20.6. The van der Waals surface area contributed by atoms with Gasteiger partial charge in [0.05, 0.1) is 44.8 Å². The number of hydrogen-bond donors (Lipinski definition) is 2. The Morgan fingerprint density at radius 1 is 1.05 bits per heavy atom. The third-order valence-electron chi connectivity index (χ3n) is 11.0. The lowest BCUT2D eigenvalue weighted by Crippen LogP contribution is -2.38. The van der Waals surface area contributed by atoms with Crippen molar-refractivity contribution in [3.05, 3.63) is 104 Å². The monoisotopic (exact) mass is 859 g/mol. The number of rotatable bonds is 11. The molecule has 2 N–H and O–H groups in total. The number of aryl methyl sites for hydroxylation is 1. The molecular formula is C38H32ClF6N9O4S.